The lowest BCUT2D eigenvalue weighted by Gasteiger charge is -2.15. The third-order valence-electron chi connectivity index (χ3n) is 3.72. The second-order valence-corrected chi connectivity index (χ2v) is 5.54. The molecule has 0 saturated heterocycles. The van der Waals surface area contributed by atoms with Crippen molar-refractivity contribution in [3.63, 3.8) is 0 Å². The van der Waals surface area contributed by atoms with Gasteiger partial charge in [0.2, 0.25) is 0 Å². The zero-order valence-corrected chi connectivity index (χ0v) is 13.3. The van der Waals surface area contributed by atoms with E-state index in [9.17, 15) is 9.90 Å². The van der Waals surface area contributed by atoms with E-state index in [1.807, 2.05) is 63.2 Å². The van der Waals surface area contributed by atoms with Crippen molar-refractivity contribution in [2.45, 2.75) is 33.1 Å². The van der Waals surface area contributed by atoms with Crippen molar-refractivity contribution >= 4 is 5.97 Å². The molecule has 2 aromatic carbocycles. The van der Waals surface area contributed by atoms with E-state index in [2.05, 4.69) is 0 Å². The molecule has 0 heterocycles. The molecule has 1 atom stereocenters. The van der Waals surface area contributed by atoms with E-state index < -0.39 is 11.9 Å². The van der Waals surface area contributed by atoms with Gasteiger partial charge in [0.05, 0.1) is 12.5 Å². The minimum atomic E-state index is -0.801. The Morgan fingerprint density at radius 3 is 2.55 bits per heavy atom. The number of carboxylic acid groups (broad SMARTS) is 1. The van der Waals surface area contributed by atoms with Gasteiger partial charge in [0.25, 0.3) is 0 Å². The SMILES string of the molecule is CCOc1ccc(C(Cc2cccc(C)c2)C(=O)O)cc1C. The molecule has 3 heteroatoms. The van der Waals surface area contributed by atoms with Crippen molar-refractivity contribution in [2.24, 2.45) is 0 Å². The molecule has 1 unspecified atom stereocenters. The van der Waals surface area contributed by atoms with Crippen LogP contribution < -0.4 is 4.74 Å². The van der Waals surface area contributed by atoms with Gasteiger partial charge >= 0.3 is 5.97 Å². The summed E-state index contributed by atoms with van der Waals surface area (Å²) in [5.74, 6) is -0.535. The highest BCUT2D eigenvalue weighted by Crippen LogP contribution is 2.27. The monoisotopic (exact) mass is 298 g/mol. The molecular formula is C19H22O3. The van der Waals surface area contributed by atoms with Gasteiger partial charge in [-0.2, -0.15) is 0 Å². The van der Waals surface area contributed by atoms with E-state index in [4.69, 9.17) is 4.74 Å². The van der Waals surface area contributed by atoms with Crippen LogP contribution in [0.2, 0.25) is 0 Å². The fourth-order valence-corrected chi connectivity index (χ4v) is 2.63. The minimum absolute atomic E-state index is 0.491. The van der Waals surface area contributed by atoms with E-state index in [1.165, 1.54) is 0 Å². The van der Waals surface area contributed by atoms with Crippen LogP contribution in [0.15, 0.2) is 42.5 Å². The Balaban J connectivity index is 2.28. The number of hydrogen-bond donors (Lipinski definition) is 1. The lowest BCUT2D eigenvalue weighted by Crippen LogP contribution is -2.15. The summed E-state index contributed by atoms with van der Waals surface area (Å²) in [6.45, 7) is 6.50. The second-order valence-electron chi connectivity index (χ2n) is 5.54. The molecule has 1 N–H and O–H groups in total. The van der Waals surface area contributed by atoms with Crippen LogP contribution >= 0.6 is 0 Å². The Morgan fingerprint density at radius 2 is 1.95 bits per heavy atom. The van der Waals surface area contributed by atoms with Crippen LogP contribution in [0.4, 0.5) is 0 Å². The van der Waals surface area contributed by atoms with Crippen molar-refractivity contribution < 1.29 is 14.6 Å². The average Bonchev–Trinajstić information content (AvgIpc) is 2.47. The van der Waals surface area contributed by atoms with Crippen LogP contribution in [0, 0.1) is 13.8 Å². The summed E-state index contributed by atoms with van der Waals surface area (Å²) >= 11 is 0. The Bertz CT molecular complexity index is 661. The predicted octanol–water partition coefficient (Wildman–Crippen LogP) is 4.11. The first-order valence-corrected chi connectivity index (χ1v) is 7.53. The van der Waals surface area contributed by atoms with Gasteiger partial charge in [-0.25, -0.2) is 0 Å². The van der Waals surface area contributed by atoms with E-state index in [1.54, 1.807) is 0 Å². The maximum absolute atomic E-state index is 11.7. The van der Waals surface area contributed by atoms with Gasteiger partial charge in [-0.3, -0.25) is 4.79 Å². The molecule has 0 aliphatic heterocycles. The number of aryl methyl sites for hydroxylation is 2. The van der Waals surface area contributed by atoms with Crippen LogP contribution in [0.3, 0.4) is 0 Å². The fourth-order valence-electron chi connectivity index (χ4n) is 2.63. The predicted molar refractivity (Wildman–Crippen MR) is 87.6 cm³/mol. The average molecular weight is 298 g/mol. The molecule has 0 spiro atoms. The van der Waals surface area contributed by atoms with Gasteiger partial charge in [-0.15, -0.1) is 0 Å². The number of aliphatic carboxylic acids is 1. The van der Waals surface area contributed by atoms with Crippen LogP contribution in [0.1, 0.15) is 35.1 Å². The van der Waals surface area contributed by atoms with Gasteiger partial charge in [0, 0.05) is 0 Å². The molecule has 0 radical (unpaired) electrons. The summed E-state index contributed by atoms with van der Waals surface area (Å²) in [7, 11) is 0. The summed E-state index contributed by atoms with van der Waals surface area (Å²) in [6.07, 6.45) is 0.491. The molecule has 0 amide bonds. The molecule has 0 bridgehead atoms. The standard InChI is InChI=1S/C19H22O3/c1-4-22-18-9-8-16(11-14(18)3)17(19(20)21)12-15-7-5-6-13(2)10-15/h5-11,17H,4,12H2,1-3H3,(H,20,21). The third-order valence-corrected chi connectivity index (χ3v) is 3.72. The summed E-state index contributed by atoms with van der Waals surface area (Å²) in [4.78, 5) is 11.7. The maximum Gasteiger partial charge on any atom is 0.311 e. The topological polar surface area (TPSA) is 46.5 Å². The first-order chi connectivity index (χ1) is 10.5. The zero-order chi connectivity index (χ0) is 16.1. The first-order valence-electron chi connectivity index (χ1n) is 7.53. The molecule has 0 aromatic heterocycles. The lowest BCUT2D eigenvalue weighted by molar-refractivity contribution is -0.138. The van der Waals surface area contributed by atoms with Crippen molar-refractivity contribution in [2.75, 3.05) is 6.61 Å². The molecule has 0 aliphatic carbocycles. The largest absolute Gasteiger partial charge is 0.494 e. The van der Waals surface area contributed by atoms with Gasteiger partial charge in [0.15, 0.2) is 0 Å². The Labute approximate surface area is 131 Å². The van der Waals surface area contributed by atoms with E-state index in [-0.39, 0.29) is 0 Å². The highest BCUT2D eigenvalue weighted by Gasteiger charge is 2.21. The van der Waals surface area contributed by atoms with Gasteiger partial charge < -0.3 is 9.84 Å². The maximum atomic E-state index is 11.7. The minimum Gasteiger partial charge on any atom is -0.494 e. The van der Waals surface area contributed by atoms with Gasteiger partial charge in [-0.1, -0.05) is 42.0 Å². The molecule has 2 aromatic rings. The summed E-state index contributed by atoms with van der Waals surface area (Å²) < 4.78 is 5.52. The number of rotatable bonds is 6. The van der Waals surface area contributed by atoms with E-state index >= 15 is 0 Å². The van der Waals surface area contributed by atoms with Crippen molar-refractivity contribution in [3.05, 3.63) is 64.7 Å². The summed E-state index contributed by atoms with van der Waals surface area (Å²) in [5, 5.41) is 9.59. The highest BCUT2D eigenvalue weighted by atomic mass is 16.5. The van der Waals surface area contributed by atoms with Crippen molar-refractivity contribution in [1.82, 2.24) is 0 Å². The van der Waals surface area contributed by atoms with E-state index in [0.29, 0.717) is 13.0 Å². The van der Waals surface area contributed by atoms with Crippen molar-refractivity contribution in [3.8, 4) is 5.75 Å². The van der Waals surface area contributed by atoms with Crippen LogP contribution in [-0.2, 0) is 11.2 Å². The molecule has 116 valence electrons. The molecule has 0 fully saturated rings. The second kappa shape index (κ2) is 7.12. The molecule has 2 rings (SSSR count). The van der Waals surface area contributed by atoms with Crippen LogP contribution in [0.25, 0.3) is 0 Å². The van der Waals surface area contributed by atoms with Crippen LogP contribution in [-0.4, -0.2) is 17.7 Å². The Morgan fingerprint density at radius 1 is 1.18 bits per heavy atom. The summed E-state index contributed by atoms with van der Waals surface area (Å²) in [5.41, 5.74) is 3.97. The molecule has 22 heavy (non-hydrogen) atoms. The van der Waals surface area contributed by atoms with Gasteiger partial charge in [-0.05, 0) is 49.9 Å². The van der Waals surface area contributed by atoms with Crippen molar-refractivity contribution in [1.29, 1.82) is 0 Å². The molecule has 3 nitrogen and oxygen atoms in total. The fraction of sp³-hybridized carbons (Fsp3) is 0.316. The van der Waals surface area contributed by atoms with Crippen LogP contribution in [0.5, 0.6) is 5.75 Å². The summed E-state index contributed by atoms with van der Waals surface area (Å²) in [6, 6.07) is 13.6. The lowest BCUT2D eigenvalue weighted by atomic mass is 9.90. The number of ether oxygens (including phenoxy) is 1. The number of hydrogen-bond acceptors (Lipinski definition) is 2. The smallest absolute Gasteiger partial charge is 0.311 e. The Kier molecular flexibility index (Phi) is 5.21. The zero-order valence-electron chi connectivity index (χ0n) is 13.3. The molecule has 0 aliphatic rings. The quantitative estimate of drug-likeness (QED) is 0.873. The first kappa shape index (κ1) is 16.1. The van der Waals surface area contributed by atoms with E-state index in [0.717, 1.165) is 28.0 Å². The number of carboxylic acids is 1. The molecule has 0 saturated carbocycles. The third kappa shape index (κ3) is 3.88. The normalized spacial score (nSPS) is 12.0. The number of benzene rings is 2. The van der Waals surface area contributed by atoms with Gasteiger partial charge in [0.1, 0.15) is 5.75 Å². The molecular weight excluding hydrogens is 276 g/mol. The highest BCUT2D eigenvalue weighted by molar-refractivity contribution is 5.76. The number of carbonyl (C=O) groups is 1. The Hall–Kier alpha value is -2.29.